The SMILES string of the molecule is C[C@H](Oc1nc(=NC2CC2)n2ncc(=Cc3[nH]c(=O)[nH]c3O)c2n1)c1ccccn1. The molecule has 1 atom stereocenters. The molecular weight excluding hydrogens is 388 g/mol. The minimum absolute atomic E-state index is 0.141. The number of imidazole rings is 1. The molecule has 0 amide bonds. The molecule has 30 heavy (non-hydrogen) atoms. The van der Waals surface area contributed by atoms with Gasteiger partial charge in [-0.25, -0.2) is 9.79 Å². The summed E-state index contributed by atoms with van der Waals surface area (Å²) in [5.74, 6) is -0.267. The number of aromatic nitrogens is 7. The molecule has 11 heteroatoms. The summed E-state index contributed by atoms with van der Waals surface area (Å²) in [7, 11) is 0. The van der Waals surface area contributed by atoms with E-state index in [4.69, 9.17) is 4.74 Å². The second kappa shape index (κ2) is 7.10. The van der Waals surface area contributed by atoms with Gasteiger partial charge in [0.2, 0.25) is 5.88 Å². The number of aromatic hydroxyl groups is 1. The quantitative estimate of drug-likeness (QED) is 0.422. The van der Waals surface area contributed by atoms with Crippen molar-refractivity contribution in [2.45, 2.75) is 31.9 Å². The molecule has 4 aromatic rings. The van der Waals surface area contributed by atoms with Gasteiger partial charge < -0.3 is 14.8 Å². The number of rotatable bonds is 5. The first kappa shape index (κ1) is 18.0. The van der Waals surface area contributed by atoms with E-state index in [0.29, 0.717) is 16.5 Å². The average Bonchev–Trinajstić information content (AvgIpc) is 3.37. The highest BCUT2D eigenvalue weighted by atomic mass is 16.5. The number of aromatic amines is 2. The molecule has 0 bridgehead atoms. The normalized spacial score (nSPS) is 16.3. The van der Waals surface area contributed by atoms with E-state index in [9.17, 15) is 9.90 Å². The summed E-state index contributed by atoms with van der Waals surface area (Å²) in [5.41, 5.74) is 1.28. The van der Waals surface area contributed by atoms with Gasteiger partial charge in [-0.2, -0.15) is 19.6 Å². The van der Waals surface area contributed by atoms with Crippen LogP contribution in [0.4, 0.5) is 0 Å². The van der Waals surface area contributed by atoms with Crippen LogP contribution in [0.2, 0.25) is 0 Å². The molecule has 0 aromatic carbocycles. The zero-order valence-corrected chi connectivity index (χ0v) is 16.0. The summed E-state index contributed by atoms with van der Waals surface area (Å²) >= 11 is 0. The van der Waals surface area contributed by atoms with Crippen molar-refractivity contribution >= 4 is 11.7 Å². The third-order valence-corrected chi connectivity index (χ3v) is 4.62. The largest absolute Gasteiger partial charge is 0.493 e. The summed E-state index contributed by atoms with van der Waals surface area (Å²) in [5, 5.41) is 14.7. The number of hydrogen-bond donors (Lipinski definition) is 3. The summed E-state index contributed by atoms with van der Waals surface area (Å²) in [6.45, 7) is 1.86. The Kier molecular flexibility index (Phi) is 4.27. The zero-order valence-electron chi connectivity index (χ0n) is 16.0. The molecule has 5 rings (SSSR count). The average molecular weight is 406 g/mol. The predicted octanol–water partition coefficient (Wildman–Crippen LogP) is -0.00790. The van der Waals surface area contributed by atoms with E-state index < -0.39 is 5.69 Å². The third kappa shape index (κ3) is 3.52. The van der Waals surface area contributed by atoms with E-state index in [1.54, 1.807) is 18.5 Å². The van der Waals surface area contributed by atoms with Gasteiger partial charge in [-0.15, -0.1) is 0 Å². The van der Waals surface area contributed by atoms with Crippen LogP contribution in [0.1, 0.15) is 37.3 Å². The summed E-state index contributed by atoms with van der Waals surface area (Å²) in [6, 6.07) is 5.93. The molecular formula is C19H18N8O3. The number of hydrogen-bond acceptors (Lipinski definition) is 8. The van der Waals surface area contributed by atoms with Crippen LogP contribution in [0.5, 0.6) is 11.9 Å². The van der Waals surface area contributed by atoms with E-state index in [1.165, 1.54) is 4.52 Å². The lowest BCUT2D eigenvalue weighted by atomic mass is 10.2. The highest BCUT2D eigenvalue weighted by molar-refractivity contribution is 5.56. The van der Waals surface area contributed by atoms with E-state index >= 15 is 0 Å². The summed E-state index contributed by atoms with van der Waals surface area (Å²) < 4.78 is 7.46. The first-order valence-electron chi connectivity index (χ1n) is 9.47. The molecule has 1 fully saturated rings. The maximum atomic E-state index is 11.4. The number of H-pyrrole nitrogens is 2. The third-order valence-electron chi connectivity index (χ3n) is 4.62. The van der Waals surface area contributed by atoms with Crippen LogP contribution in [0.25, 0.3) is 11.7 Å². The number of pyridine rings is 1. The second-order valence-electron chi connectivity index (χ2n) is 7.00. The van der Waals surface area contributed by atoms with E-state index in [0.717, 1.165) is 18.5 Å². The Hall–Kier alpha value is -4.02. The van der Waals surface area contributed by atoms with Crippen molar-refractivity contribution in [1.82, 2.24) is 34.5 Å². The van der Waals surface area contributed by atoms with Crippen LogP contribution < -0.4 is 21.3 Å². The standard InChI is InChI=1S/C19H18N8O3/c1-10(13-4-2-3-7-20-13)30-19-24-15-11(8-14-16(28)25-18(29)23-14)9-21-27(15)17(26-19)22-12-5-6-12/h2-4,7-10,12,28H,5-6H2,1H3,(H2,23,25,29)/t10-/m0/s1. The van der Waals surface area contributed by atoms with Gasteiger partial charge in [0.25, 0.3) is 5.62 Å². The lowest BCUT2D eigenvalue weighted by Crippen LogP contribution is -2.24. The number of ether oxygens (including phenoxy) is 1. The van der Waals surface area contributed by atoms with Gasteiger partial charge in [-0.3, -0.25) is 9.97 Å². The Morgan fingerprint density at radius 3 is 2.90 bits per heavy atom. The number of nitrogens with one attached hydrogen (secondary N) is 2. The number of nitrogens with zero attached hydrogens (tertiary/aromatic N) is 6. The van der Waals surface area contributed by atoms with Crippen molar-refractivity contribution in [2.24, 2.45) is 4.99 Å². The fourth-order valence-electron chi connectivity index (χ4n) is 2.95. The van der Waals surface area contributed by atoms with Gasteiger partial charge in [0.1, 0.15) is 11.8 Å². The van der Waals surface area contributed by atoms with Gasteiger partial charge >= 0.3 is 11.7 Å². The molecule has 0 unspecified atom stereocenters. The zero-order chi connectivity index (χ0) is 20.7. The van der Waals surface area contributed by atoms with E-state index in [2.05, 4.69) is 35.0 Å². The van der Waals surface area contributed by atoms with Crippen LogP contribution in [0.15, 0.2) is 40.4 Å². The Morgan fingerprint density at radius 1 is 1.33 bits per heavy atom. The van der Waals surface area contributed by atoms with Gasteiger partial charge in [0.05, 0.1) is 17.9 Å². The highest BCUT2D eigenvalue weighted by Gasteiger charge is 2.21. The minimum Gasteiger partial charge on any atom is -0.493 e. The van der Waals surface area contributed by atoms with Gasteiger partial charge in [-0.1, -0.05) is 6.07 Å². The fraction of sp³-hybridized carbons (Fsp3) is 0.263. The molecule has 0 spiro atoms. The first-order valence-corrected chi connectivity index (χ1v) is 9.47. The van der Waals surface area contributed by atoms with Crippen molar-refractivity contribution in [2.75, 3.05) is 0 Å². The molecule has 1 aliphatic carbocycles. The maximum Gasteiger partial charge on any atom is 0.326 e. The van der Waals surface area contributed by atoms with Gasteiger partial charge in [0, 0.05) is 11.4 Å². The van der Waals surface area contributed by atoms with Crippen LogP contribution in [-0.2, 0) is 0 Å². The summed E-state index contributed by atoms with van der Waals surface area (Å²) in [4.78, 5) is 34.0. The highest BCUT2D eigenvalue weighted by Crippen LogP contribution is 2.22. The molecule has 4 aromatic heterocycles. The molecule has 4 heterocycles. The Bertz CT molecular complexity index is 1380. The first-order chi connectivity index (χ1) is 14.6. The van der Waals surface area contributed by atoms with E-state index in [1.807, 2.05) is 25.1 Å². The molecule has 0 aliphatic heterocycles. The molecule has 0 radical (unpaired) electrons. The molecule has 152 valence electrons. The van der Waals surface area contributed by atoms with Crippen molar-refractivity contribution < 1.29 is 9.84 Å². The smallest absolute Gasteiger partial charge is 0.326 e. The Balaban J connectivity index is 1.63. The monoisotopic (exact) mass is 406 g/mol. The lowest BCUT2D eigenvalue weighted by molar-refractivity contribution is 0.201. The molecule has 1 aliphatic rings. The minimum atomic E-state index is -0.512. The van der Waals surface area contributed by atoms with Crippen molar-refractivity contribution in [3.63, 3.8) is 0 Å². The fourth-order valence-corrected chi connectivity index (χ4v) is 2.95. The predicted molar refractivity (Wildman–Crippen MR) is 105 cm³/mol. The second-order valence-corrected chi connectivity index (χ2v) is 7.00. The van der Waals surface area contributed by atoms with Crippen LogP contribution in [0, 0.1) is 0 Å². The number of fused-ring (bicyclic) bond motifs is 1. The maximum absolute atomic E-state index is 11.4. The molecule has 11 nitrogen and oxygen atoms in total. The van der Waals surface area contributed by atoms with Crippen molar-refractivity contribution in [3.8, 4) is 11.9 Å². The van der Waals surface area contributed by atoms with Gasteiger partial charge in [-0.05, 0) is 38.0 Å². The van der Waals surface area contributed by atoms with Crippen molar-refractivity contribution in [3.05, 3.63) is 63.3 Å². The van der Waals surface area contributed by atoms with Gasteiger partial charge in [0.15, 0.2) is 5.65 Å². The van der Waals surface area contributed by atoms with E-state index in [-0.39, 0.29) is 29.7 Å². The summed E-state index contributed by atoms with van der Waals surface area (Å²) in [6.07, 6.45) is 6.46. The van der Waals surface area contributed by atoms with Crippen LogP contribution >= 0.6 is 0 Å². The molecule has 0 saturated heterocycles. The Morgan fingerprint density at radius 2 is 2.20 bits per heavy atom. The topological polar surface area (TPSA) is 146 Å². The lowest BCUT2D eigenvalue weighted by Gasteiger charge is -2.12. The van der Waals surface area contributed by atoms with Crippen molar-refractivity contribution in [1.29, 1.82) is 0 Å². The Labute approximate surface area is 168 Å². The molecule has 1 saturated carbocycles. The van der Waals surface area contributed by atoms with Crippen LogP contribution in [-0.4, -0.2) is 45.7 Å². The molecule has 3 N–H and O–H groups in total. The van der Waals surface area contributed by atoms with Crippen LogP contribution in [0.3, 0.4) is 0 Å².